The van der Waals surface area contributed by atoms with E-state index in [9.17, 15) is 24.6 Å². The number of ketones is 1. The van der Waals surface area contributed by atoms with Crippen LogP contribution in [0.5, 0.6) is 0 Å². The van der Waals surface area contributed by atoms with Gasteiger partial charge in [0.1, 0.15) is 18.1 Å². The van der Waals surface area contributed by atoms with Crippen molar-refractivity contribution in [1.82, 2.24) is 9.88 Å². The van der Waals surface area contributed by atoms with Gasteiger partial charge in [0.25, 0.3) is 5.91 Å². The lowest BCUT2D eigenvalue weighted by Gasteiger charge is -2.19. The molecule has 9 heteroatoms. The summed E-state index contributed by atoms with van der Waals surface area (Å²) in [5, 5.41) is 19.1. The predicted molar refractivity (Wildman–Crippen MR) is 99.5 cm³/mol. The van der Waals surface area contributed by atoms with Gasteiger partial charge < -0.3 is 25.3 Å². The Bertz CT molecular complexity index is 782. The summed E-state index contributed by atoms with van der Waals surface area (Å²) in [6.07, 6.45) is 5.93. The number of oxazole rings is 1. The van der Waals surface area contributed by atoms with Crippen LogP contribution in [0, 0.1) is 0 Å². The molecule has 1 fully saturated rings. The number of Topliss-reactive ketones (excluding diaryl/α,β-unsaturated/α-hetero) is 1. The van der Waals surface area contributed by atoms with Crippen molar-refractivity contribution in [1.29, 1.82) is 0 Å². The number of likely N-dealkylation sites (tertiary alicyclic amines) is 1. The normalized spacial score (nSPS) is 18.6. The number of carboxylic acid groups (broad SMARTS) is 1. The summed E-state index contributed by atoms with van der Waals surface area (Å²) < 4.78 is 5.18. The van der Waals surface area contributed by atoms with E-state index in [1.165, 1.54) is 4.90 Å². The molecule has 0 aliphatic carbocycles. The van der Waals surface area contributed by atoms with E-state index in [0.717, 1.165) is 11.8 Å². The maximum Gasteiger partial charge on any atom is 0.326 e. The number of aliphatic hydroxyl groups excluding tert-OH is 1. The molecule has 2 rings (SSSR count). The molecular formula is C19H25N3O6. The Morgan fingerprint density at radius 3 is 2.89 bits per heavy atom. The molecule has 4 N–H and O–H groups in total. The van der Waals surface area contributed by atoms with Crippen LogP contribution in [0.1, 0.15) is 42.6 Å². The largest absolute Gasteiger partial charge is 0.480 e. The highest BCUT2D eigenvalue weighted by Crippen LogP contribution is 2.20. The van der Waals surface area contributed by atoms with Crippen molar-refractivity contribution in [2.75, 3.05) is 13.1 Å². The topological polar surface area (TPSA) is 147 Å². The van der Waals surface area contributed by atoms with E-state index in [-0.39, 0.29) is 30.2 Å². The van der Waals surface area contributed by atoms with Crippen LogP contribution in [-0.2, 0) is 16.0 Å². The van der Waals surface area contributed by atoms with Crippen molar-refractivity contribution >= 4 is 17.7 Å². The fraction of sp³-hybridized carbons (Fsp3) is 0.474. The lowest BCUT2D eigenvalue weighted by Crippen LogP contribution is -2.40. The zero-order valence-corrected chi connectivity index (χ0v) is 15.7. The number of carbonyl (C=O) groups excluding carboxylic acids is 2. The molecule has 0 unspecified atom stereocenters. The Hall–Kier alpha value is -2.78. The second-order valence-corrected chi connectivity index (χ2v) is 6.66. The lowest BCUT2D eigenvalue weighted by atomic mass is 10.1. The van der Waals surface area contributed by atoms with Crippen molar-refractivity contribution in [2.24, 2.45) is 5.73 Å². The molecule has 9 nitrogen and oxygen atoms in total. The fourth-order valence-electron chi connectivity index (χ4n) is 3.05. The summed E-state index contributed by atoms with van der Waals surface area (Å²) >= 11 is 0. The van der Waals surface area contributed by atoms with Crippen LogP contribution in [0.3, 0.4) is 0 Å². The van der Waals surface area contributed by atoms with Crippen molar-refractivity contribution in [3.05, 3.63) is 41.6 Å². The van der Waals surface area contributed by atoms with E-state index in [4.69, 9.17) is 10.2 Å². The number of hydrogen-bond acceptors (Lipinski definition) is 7. The molecule has 0 saturated carbocycles. The van der Waals surface area contributed by atoms with Gasteiger partial charge in [0.15, 0.2) is 5.69 Å². The predicted octanol–water partition coefficient (Wildman–Crippen LogP) is 0.688. The number of amides is 1. The molecule has 1 aliphatic heterocycles. The average molecular weight is 391 g/mol. The van der Waals surface area contributed by atoms with E-state index >= 15 is 0 Å². The van der Waals surface area contributed by atoms with Crippen LogP contribution in [0.2, 0.25) is 0 Å². The Labute approximate surface area is 162 Å². The summed E-state index contributed by atoms with van der Waals surface area (Å²) in [5.74, 6) is -1.83. The number of hydrogen-bond donors (Lipinski definition) is 3. The van der Waals surface area contributed by atoms with Crippen molar-refractivity contribution in [3.8, 4) is 0 Å². The Morgan fingerprint density at radius 1 is 1.46 bits per heavy atom. The molecule has 1 amide bonds. The van der Waals surface area contributed by atoms with E-state index in [1.807, 2.05) is 0 Å². The molecule has 1 aliphatic rings. The minimum absolute atomic E-state index is 0.0286. The highest BCUT2D eigenvalue weighted by Gasteiger charge is 2.35. The molecule has 2 heterocycles. The summed E-state index contributed by atoms with van der Waals surface area (Å²) in [4.78, 5) is 41.0. The summed E-state index contributed by atoms with van der Waals surface area (Å²) in [6.45, 7) is 2.51. The monoisotopic (exact) mass is 391 g/mol. The molecule has 1 saturated heterocycles. The zero-order valence-electron chi connectivity index (χ0n) is 15.7. The van der Waals surface area contributed by atoms with Crippen LogP contribution >= 0.6 is 0 Å². The molecule has 0 spiro atoms. The number of nitrogens with zero attached hydrogens (tertiary/aromatic N) is 2. The summed E-state index contributed by atoms with van der Waals surface area (Å²) in [7, 11) is 0. The average Bonchev–Trinajstić information content (AvgIpc) is 3.28. The molecule has 152 valence electrons. The Kier molecular flexibility index (Phi) is 7.65. The molecule has 1 aromatic rings. The third-order valence-electron chi connectivity index (χ3n) is 4.33. The van der Waals surface area contributed by atoms with Gasteiger partial charge in [-0.3, -0.25) is 9.59 Å². The van der Waals surface area contributed by atoms with Gasteiger partial charge in [-0.2, -0.15) is 0 Å². The number of nitrogens with two attached hydrogens (primary N) is 1. The van der Waals surface area contributed by atoms with Gasteiger partial charge in [-0.05, 0) is 19.8 Å². The van der Waals surface area contributed by atoms with Crippen molar-refractivity contribution in [2.45, 2.75) is 44.8 Å². The Balaban J connectivity index is 1.93. The van der Waals surface area contributed by atoms with Crippen LogP contribution < -0.4 is 5.73 Å². The Morgan fingerprint density at radius 2 is 2.21 bits per heavy atom. The van der Waals surface area contributed by atoms with Gasteiger partial charge in [-0.25, -0.2) is 9.78 Å². The highest BCUT2D eigenvalue weighted by molar-refractivity contribution is 5.95. The second kappa shape index (κ2) is 9.95. The molecule has 1 aromatic heterocycles. The molecule has 0 radical (unpaired) electrons. The van der Waals surface area contributed by atoms with Crippen LogP contribution in [0.4, 0.5) is 0 Å². The minimum atomic E-state index is -1.05. The standard InChI is InChI=1S/C19H25N3O6/c1-12(4-2-6-20)8-13(23)9-14(24)10-17-21-15(11-28-17)18(25)22-7-3-5-16(22)19(26)27/h2,4,8,11,13,16,23H,3,5-7,9-10,20H2,1H3,(H,26,27)/b4-2+,12-8+/t13-,16-/m1/s1. The first kappa shape index (κ1) is 21.5. The van der Waals surface area contributed by atoms with E-state index in [1.54, 1.807) is 25.2 Å². The second-order valence-electron chi connectivity index (χ2n) is 6.66. The van der Waals surface area contributed by atoms with Crippen LogP contribution in [0.25, 0.3) is 0 Å². The number of rotatable bonds is 9. The maximum absolute atomic E-state index is 12.4. The lowest BCUT2D eigenvalue weighted by molar-refractivity contribution is -0.141. The van der Waals surface area contributed by atoms with Crippen LogP contribution in [-0.4, -0.2) is 63.0 Å². The van der Waals surface area contributed by atoms with E-state index in [0.29, 0.717) is 25.9 Å². The number of carboxylic acids is 1. The molecule has 2 atom stereocenters. The summed E-state index contributed by atoms with van der Waals surface area (Å²) in [5.41, 5.74) is 6.11. The number of aromatic nitrogens is 1. The number of aliphatic carboxylic acids is 1. The zero-order chi connectivity index (χ0) is 20.7. The van der Waals surface area contributed by atoms with Gasteiger partial charge in [-0.15, -0.1) is 0 Å². The first-order valence-electron chi connectivity index (χ1n) is 9.04. The molecule has 0 aromatic carbocycles. The van der Waals surface area contributed by atoms with Gasteiger partial charge in [0.05, 0.1) is 12.5 Å². The van der Waals surface area contributed by atoms with E-state index < -0.39 is 24.0 Å². The van der Waals surface area contributed by atoms with Crippen molar-refractivity contribution < 1.29 is 29.0 Å². The van der Waals surface area contributed by atoms with Crippen LogP contribution in [0.15, 0.2) is 34.5 Å². The number of aliphatic hydroxyl groups is 1. The third kappa shape index (κ3) is 5.86. The molecule has 28 heavy (non-hydrogen) atoms. The quantitative estimate of drug-likeness (QED) is 0.521. The third-order valence-corrected chi connectivity index (χ3v) is 4.33. The minimum Gasteiger partial charge on any atom is -0.480 e. The molecule has 0 bridgehead atoms. The number of carbonyl (C=O) groups is 3. The first-order chi connectivity index (χ1) is 13.3. The van der Waals surface area contributed by atoms with Gasteiger partial charge >= 0.3 is 5.97 Å². The van der Waals surface area contributed by atoms with Crippen molar-refractivity contribution in [3.63, 3.8) is 0 Å². The first-order valence-corrected chi connectivity index (χ1v) is 9.04. The smallest absolute Gasteiger partial charge is 0.326 e. The fourth-order valence-corrected chi connectivity index (χ4v) is 3.05. The maximum atomic E-state index is 12.4. The van der Waals surface area contributed by atoms with E-state index in [2.05, 4.69) is 4.98 Å². The van der Waals surface area contributed by atoms with Gasteiger partial charge in [0, 0.05) is 19.5 Å². The summed E-state index contributed by atoms with van der Waals surface area (Å²) in [6, 6.07) is -0.868. The SMILES string of the molecule is CC(/C=C/CN)=C\[C@@H](O)CC(=O)Cc1nc(C(=O)N2CCC[C@@H]2C(=O)O)co1. The highest BCUT2D eigenvalue weighted by atomic mass is 16.4. The number of allylic oxidation sites excluding steroid dienone is 2. The molecular weight excluding hydrogens is 366 g/mol. The van der Waals surface area contributed by atoms with Gasteiger partial charge in [0.2, 0.25) is 5.89 Å². The van der Waals surface area contributed by atoms with Gasteiger partial charge in [-0.1, -0.05) is 23.8 Å².